The van der Waals surface area contributed by atoms with Crippen LogP contribution >= 0.6 is 12.2 Å². The number of allylic oxidation sites excluding steroid dienone is 6. The van der Waals surface area contributed by atoms with Crippen LogP contribution in [0.4, 0.5) is 0 Å². The molecule has 3 heteroatoms. The van der Waals surface area contributed by atoms with Gasteiger partial charge in [0.2, 0.25) is 0 Å². The SMILES string of the molecule is C/C=C\C(C)=C/C.CC.CC.CC1=C/C(=N\CO)c2ccccc2C1=S. The first kappa shape index (κ1) is 26.4. The van der Waals surface area contributed by atoms with Crippen LogP contribution in [0.15, 0.2) is 64.7 Å². The second kappa shape index (κ2) is 16.6. The molecule has 0 radical (unpaired) electrons. The molecule has 1 aliphatic carbocycles. The Kier molecular flexibility index (Phi) is 16.9. The van der Waals surface area contributed by atoms with E-state index in [1.807, 2.05) is 84.9 Å². The van der Waals surface area contributed by atoms with Crippen molar-refractivity contribution in [2.45, 2.75) is 55.4 Å². The summed E-state index contributed by atoms with van der Waals surface area (Å²) in [4.78, 5) is 4.91. The van der Waals surface area contributed by atoms with Gasteiger partial charge in [0.1, 0.15) is 6.73 Å². The molecule has 0 unspecified atom stereocenters. The van der Waals surface area contributed by atoms with Crippen molar-refractivity contribution in [2.24, 2.45) is 4.99 Å². The minimum Gasteiger partial charge on any atom is -0.375 e. The molecule has 0 saturated heterocycles. The lowest BCUT2D eigenvalue weighted by Gasteiger charge is -2.17. The van der Waals surface area contributed by atoms with Crippen molar-refractivity contribution in [3.05, 3.63) is 70.8 Å². The quantitative estimate of drug-likeness (QED) is 0.463. The minimum atomic E-state index is -0.194. The number of aliphatic hydroxyl groups is 1. The van der Waals surface area contributed by atoms with Crippen LogP contribution in [0.5, 0.6) is 0 Å². The Hall–Kier alpha value is -1.84. The van der Waals surface area contributed by atoms with Crippen LogP contribution in [-0.2, 0) is 0 Å². The molecule has 1 aromatic carbocycles. The van der Waals surface area contributed by atoms with Crippen molar-refractivity contribution < 1.29 is 5.11 Å². The number of aliphatic imine (C=N–C) groups is 1. The first-order valence-electron chi connectivity index (χ1n) is 9.28. The Labute approximate surface area is 166 Å². The van der Waals surface area contributed by atoms with Gasteiger partial charge in [0.25, 0.3) is 0 Å². The zero-order valence-electron chi connectivity index (χ0n) is 17.6. The molecule has 1 aromatic rings. The van der Waals surface area contributed by atoms with Crippen LogP contribution in [0.25, 0.3) is 0 Å². The molecular formula is C23H35NOS. The number of hydrogen-bond acceptors (Lipinski definition) is 3. The zero-order chi connectivity index (χ0) is 20.5. The van der Waals surface area contributed by atoms with Gasteiger partial charge in [-0.15, -0.1) is 0 Å². The van der Waals surface area contributed by atoms with E-state index in [2.05, 4.69) is 24.1 Å². The van der Waals surface area contributed by atoms with E-state index in [9.17, 15) is 0 Å². The van der Waals surface area contributed by atoms with E-state index in [0.29, 0.717) is 0 Å². The average molecular weight is 374 g/mol. The van der Waals surface area contributed by atoms with Crippen molar-refractivity contribution >= 4 is 22.8 Å². The summed E-state index contributed by atoms with van der Waals surface area (Å²) in [6.07, 6.45) is 8.12. The monoisotopic (exact) mass is 373 g/mol. The molecule has 0 spiro atoms. The Morgan fingerprint density at radius 3 is 2.04 bits per heavy atom. The summed E-state index contributed by atoms with van der Waals surface area (Å²) in [6, 6.07) is 7.86. The molecule has 2 rings (SSSR count). The van der Waals surface area contributed by atoms with Gasteiger partial charge in [-0.1, -0.05) is 88.0 Å². The number of aliphatic hydroxyl groups excluding tert-OH is 1. The Morgan fingerprint density at radius 2 is 1.62 bits per heavy atom. The molecule has 0 bridgehead atoms. The third-order valence-electron chi connectivity index (χ3n) is 3.28. The van der Waals surface area contributed by atoms with Gasteiger partial charge < -0.3 is 5.11 Å². The molecule has 1 N–H and O–H groups in total. The highest BCUT2D eigenvalue weighted by atomic mass is 32.1. The predicted molar refractivity (Wildman–Crippen MR) is 122 cm³/mol. The number of rotatable bonds is 2. The second-order valence-corrected chi connectivity index (χ2v) is 5.33. The van der Waals surface area contributed by atoms with Crippen molar-refractivity contribution in [3.8, 4) is 0 Å². The summed E-state index contributed by atoms with van der Waals surface area (Å²) in [7, 11) is 0. The number of thiocarbonyl (C=S) groups is 1. The molecule has 2 nitrogen and oxygen atoms in total. The van der Waals surface area contributed by atoms with E-state index in [-0.39, 0.29) is 6.73 Å². The number of fused-ring (bicyclic) bond motifs is 1. The summed E-state index contributed by atoms with van der Waals surface area (Å²) >= 11 is 5.33. The van der Waals surface area contributed by atoms with Crippen molar-refractivity contribution in [2.75, 3.05) is 6.73 Å². The molecule has 1 aliphatic rings. The first-order valence-corrected chi connectivity index (χ1v) is 9.69. The molecule has 0 aliphatic heterocycles. The zero-order valence-corrected chi connectivity index (χ0v) is 18.4. The fourth-order valence-electron chi connectivity index (χ4n) is 2.03. The highest BCUT2D eigenvalue weighted by Gasteiger charge is 2.17. The molecule has 0 fully saturated rings. The van der Waals surface area contributed by atoms with E-state index in [1.165, 1.54) is 5.57 Å². The number of hydrogen-bond donors (Lipinski definition) is 1. The van der Waals surface area contributed by atoms with Gasteiger partial charge in [0, 0.05) is 16.0 Å². The van der Waals surface area contributed by atoms with Crippen LogP contribution in [-0.4, -0.2) is 22.4 Å². The van der Waals surface area contributed by atoms with Crippen LogP contribution in [0.1, 0.15) is 66.5 Å². The lowest BCUT2D eigenvalue weighted by molar-refractivity contribution is 0.309. The summed E-state index contributed by atoms with van der Waals surface area (Å²) in [5, 5.41) is 8.85. The maximum atomic E-state index is 8.85. The third-order valence-corrected chi connectivity index (χ3v) is 3.83. The molecule has 144 valence electrons. The van der Waals surface area contributed by atoms with Gasteiger partial charge in [-0.25, -0.2) is 0 Å². The fourth-order valence-corrected chi connectivity index (χ4v) is 2.27. The first-order chi connectivity index (χ1) is 12.5. The van der Waals surface area contributed by atoms with Gasteiger partial charge in [-0.05, 0) is 39.3 Å². The Balaban J connectivity index is 0. The van der Waals surface area contributed by atoms with Crippen molar-refractivity contribution in [3.63, 3.8) is 0 Å². The second-order valence-electron chi connectivity index (χ2n) is 4.92. The van der Waals surface area contributed by atoms with E-state index in [4.69, 9.17) is 17.3 Å². The maximum Gasteiger partial charge on any atom is 0.134 e. The average Bonchev–Trinajstić information content (AvgIpc) is 2.70. The molecule has 0 amide bonds. The van der Waals surface area contributed by atoms with Crippen molar-refractivity contribution in [1.82, 2.24) is 0 Å². The van der Waals surface area contributed by atoms with Crippen molar-refractivity contribution in [1.29, 1.82) is 0 Å². The minimum absolute atomic E-state index is 0.194. The third kappa shape index (κ3) is 9.02. The highest BCUT2D eigenvalue weighted by molar-refractivity contribution is 7.81. The lowest BCUT2D eigenvalue weighted by Crippen LogP contribution is -2.15. The maximum absolute atomic E-state index is 8.85. The van der Waals surface area contributed by atoms with Gasteiger partial charge in [0.15, 0.2) is 0 Å². The largest absolute Gasteiger partial charge is 0.375 e. The summed E-state index contributed by atoms with van der Waals surface area (Å²) < 4.78 is 0. The molecule has 0 aromatic heterocycles. The number of benzene rings is 1. The molecular weight excluding hydrogens is 338 g/mol. The van der Waals surface area contributed by atoms with Gasteiger partial charge in [-0.2, -0.15) is 0 Å². The summed E-state index contributed by atoms with van der Waals surface area (Å²) in [5.74, 6) is 0. The predicted octanol–water partition coefficient (Wildman–Crippen LogP) is 6.68. The van der Waals surface area contributed by atoms with Crippen LogP contribution in [0, 0.1) is 0 Å². The lowest BCUT2D eigenvalue weighted by atomic mass is 9.91. The van der Waals surface area contributed by atoms with E-state index >= 15 is 0 Å². The Morgan fingerprint density at radius 1 is 1.08 bits per heavy atom. The van der Waals surface area contributed by atoms with Crippen LogP contribution in [0.2, 0.25) is 0 Å². The van der Waals surface area contributed by atoms with E-state index < -0.39 is 0 Å². The molecule has 0 saturated carbocycles. The smallest absolute Gasteiger partial charge is 0.134 e. The normalized spacial score (nSPS) is 14.2. The Bertz CT molecular complexity index is 652. The molecule has 26 heavy (non-hydrogen) atoms. The summed E-state index contributed by atoms with van der Waals surface area (Å²) in [6.45, 7) is 15.9. The highest BCUT2D eigenvalue weighted by Crippen LogP contribution is 2.22. The van der Waals surface area contributed by atoms with E-state index in [0.717, 1.165) is 27.3 Å². The van der Waals surface area contributed by atoms with Crippen LogP contribution < -0.4 is 0 Å². The van der Waals surface area contributed by atoms with Crippen LogP contribution in [0.3, 0.4) is 0 Å². The number of nitrogens with zero attached hydrogens (tertiary/aromatic N) is 1. The molecule has 0 atom stereocenters. The summed E-state index contributed by atoms with van der Waals surface area (Å²) in [5.41, 5.74) is 5.18. The fraction of sp³-hybridized carbons (Fsp3) is 0.391. The molecule has 0 heterocycles. The van der Waals surface area contributed by atoms with Gasteiger partial charge in [-0.3, -0.25) is 4.99 Å². The van der Waals surface area contributed by atoms with Gasteiger partial charge in [0.05, 0.1) is 5.71 Å². The topological polar surface area (TPSA) is 32.6 Å². The standard InChI is InChI=1S/C12H11NOS.C7H12.2C2H6/c1-8-6-11(13-7-14)9-4-2-3-5-10(9)12(8)15;1-4-6-7(3)5-2;2*1-2/h2-6,14H,7H2,1H3;4-6H,1-3H3;2*1-2H3/b13-11+;6-4-,7-5-;;. The van der Waals surface area contributed by atoms with E-state index in [1.54, 1.807) is 0 Å². The van der Waals surface area contributed by atoms with Gasteiger partial charge >= 0.3 is 0 Å².